The second-order valence-corrected chi connectivity index (χ2v) is 4.89. The molecule has 0 aliphatic rings. The molecule has 0 spiro atoms. The number of halogens is 2. The third kappa shape index (κ3) is 4.45. The van der Waals surface area contributed by atoms with Gasteiger partial charge in [0.1, 0.15) is 0 Å². The number of esters is 1. The number of ketones is 1. The van der Waals surface area contributed by atoms with E-state index in [1.807, 2.05) is 0 Å². The highest BCUT2D eigenvalue weighted by Crippen LogP contribution is 2.13. The molecule has 0 radical (unpaired) electrons. The number of hydrogen-bond donors (Lipinski definition) is 1. The van der Waals surface area contributed by atoms with Crippen LogP contribution in [0.4, 0.5) is 14.5 Å². The van der Waals surface area contributed by atoms with Gasteiger partial charge in [-0.3, -0.25) is 9.59 Å². The van der Waals surface area contributed by atoms with Gasteiger partial charge in [-0.1, -0.05) is 12.1 Å². The molecule has 0 aliphatic heterocycles. The Morgan fingerprint density at radius 1 is 1.00 bits per heavy atom. The van der Waals surface area contributed by atoms with E-state index in [4.69, 9.17) is 4.74 Å². The van der Waals surface area contributed by atoms with Crippen LogP contribution in [0.5, 0.6) is 0 Å². The zero-order valence-corrected chi connectivity index (χ0v) is 12.6. The summed E-state index contributed by atoms with van der Waals surface area (Å²) in [5.41, 5.74) is 0.507. The molecule has 0 aliphatic carbocycles. The van der Waals surface area contributed by atoms with E-state index in [1.54, 1.807) is 6.07 Å². The van der Waals surface area contributed by atoms with Gasteiger partial charge in [0.25, 0.3) is 5.91 Å². The van der Waals surface area contributed by atoms with Crippen molar-refractivity contribution >= 4 is 23.3 Å². The summed E-state index contributed by atoms with van der Waals surface area (Å²) < 4.78 is 30.6. The average Bonchev–Trinajstić information content (AvgIpc) is 2.56. The molecule has 24 heavy (non-hydrogen) atoms. The van der Waals surface area contributed by atoms with Gasteiger partial charge in [0.2, 0.25) is 0 Å². The Balaban J connectivity index is 1.93. The second-order valence-electron chi connectivity index (χ2n) is 4.89. The molecule has 124 valence electrons. The fraction of sp³-hybridized carbons (Fsp3) is 0.118. The van der Waals surface area contributed by atoms with Crippen LogP contribution >= 0.6 is 0 Å². The predicted molar refractivity (Wildman–Crippen MR) is 81.7 cm³/mol. The maximum Gasteiger partial charge on any atom is 0.338 e. The lowest BCUT2D eigenvalue weighted by Gasteiger charge is -2.07. The summed E-state index contributed by atoms with van der Waals surface area (Å²) in [6.45, 7) is 0.752. The molecule has 0 saturated carbocycles. The number of nitrogens with one attached hydrogen (secondary N) is 1. The molecule has 5 nitrogen and oxygen atoms in total. The Kier molecular flexibility index (Phi) is 5.36. The van der Waals surface area contributed by atoms with Crippen molar-refractivity contribution in [3.05, 3.63) is 65.2 Å². The van der Waals surface area contributed by atoms with E-state index in [9.17, 15) is 23.2 Å². The van der Waals surface area contributed by atoms with Gasteiger partial charge in [0, 0.05) is 17.3 Å². The molecule has 0 heterocycles. The molecule has 0 bridgehead atoms. The first-order chi connectivity index (χ1) is 11.4. The molecule has 1 amide bonds. The van der Waals surface area contributed by atoms with E-state index >= 15 is 0 Å². The Morgan fingerprint density at radius 2 is 1.71 bits per heavy atom. The molecule has 0 atom stereocenters. The molecule has 2 aromatic carbocycles. The number of anilines is 1. The van der Waals surface area contributed by atoms with Gasteiger partial charge in [-0.25, -0.2) is 13.6 Å². The van der Waals surface area contributed by atoms with Crippen molar-refractivity contribution in [1.29, 1.82) is 0 Å². The molecular weight excluding hydrogens is 320 g/mol. The standard InChI is InChI=1S/C17H13F2NO4/c1-10(21)11-3-2-4-12(7-11)17(23)24-9-16(22)20-13-5-6-14(18)15(19)8-13/h2-8H,9H2,1H3,(H,20,22). The number of amides is 1. The summed E-state index contributed by atoms with van der Waals surface area (Å²) in [7, 11) is 0. The van der Waals surface area contributed by atoms with E-state index in [0.29, 0.717) is 5.56 Å². The maximum absolute atomic E-state index is 13.0. The van der Waals surface area contributed by atoms with Crippen molar-refractivity contribution in [1.82, 2.24) is 0 Å². The molecule has 0 unspecified atom stereocenters. The number of ether oxygens (including phenoxy) is 1. The van der Waals surface area contributed by atoms with Gasteiger partial charge in [-0.05, 0) is 31.2 Å². The van der Waals surface area contributed by atoms with Crippen LogP contribution in [0.15, 0.2) is 42.5 Å². The normalized spacial score (nSPS) is 10.1. The van der Waals surface area contributed by atoms with Crippen molar-refractivity contribution in [2.75, 3.05) is 11.9 Å². The molecule has 2 rings (SSSR count). The van der Waals surface area contributed by atoms with Crippen LogP contribution in [0.3, 0.4) is 0 Å². The van der Waals surface area contributed by atoms with Crippen LogP contribution in [0.2, 0.25) is 0 Å². The van der Waals surface area contributed by atoms with Crippen LogP contribution in [-0.2, 0) is 9.53 Å². The topological polar surface area (TPSA) is 72.5 Å². The van der Waals surface area contributed by atoms with E-state index in [2.05, 4.69) is 5.32 Å². The van der Waals surface area contributed by atoms with Crippen molar-refractivity contribution in [3.63, 3.8) is 0 Å². The maximum atomic E-state index is 13.0. The highest BCUT2D eigenvalue weighted by atomic mass is 19.2. The second kappa shape index (κ2) is 7.45. The lowest BCUT2D eigenvalue weighted by Crippen LogP contribution is -2.21. The average molecular weight is 333 g/mol. The number of Topliss-reactive ketones (excluding diaryl/α,β-unsaturated/α-hetero) is 1. The molecule has 2 aromatic rings. The fourth-order valence-electron chi connectivity index (χ4n) is 1.85. The number of carbonyl (C=O) groups excluding carboxylic acids is 3. The van der Waals surface area contributed by atoms with Gasteiger partial charge in [-0.15, -0.1) is 0 Å². The molecular formula is C17H13F2NO4. The van der Waals surface area contributed by atoms with Gasteiger partial charge in [0.15, 0.2) is 24.0 Å². The number of hydrogen-bond acceptors (Lipinski definition) is 4. The summed E-state index contributed by atoms with van der Waals surface area (Å²) >= 11 is 0. The van der Waals surface area contributed by atoms with Crippen molar-refractivity contribution < 1.29 is 27.9 Å². The van der Waals surface area contributed by atoms with E-state index in [0.717, 1.165) is 12.1 Å². The monoisotopic (exact) mass is 333 g/mol. The lowest BCUT2D eigenvalue weighted by atomic mass is 10.1. The third-order valence-electron chi connectivity index (χ3n) is 3.04. The van der Waals surface area contributed by atoms with Gasteiger partial charge >= 0.3 is 5.97 Å². The molecule has 7 heteroatoms. The highest BCUT2D eigenvalue weighted by Gasteiger charge is 2.12. The van der Waals surface area contributed by atoms with Gasteiger partial charge in [0.05, 0.1) is 5.56 Å². The van der Waals surface area contributed by atoms with Crippen LogP contribution in [-0.4, -0.2) is 24.3 Å². The molecule has 0 saturated heterocycles. The van der Waals surface area contributed by atoms with Crippen LogP contribution in [0, 0.1) is 11.6 Å². The summed E-state index contributed by atoms with van der Waals surface area (Å²) in [4.78, 5) is 34.8. The Labute approximate surface area is 136 Å². The summed E-state index contributed by atoms with van der Waals surface area (Å²) in [5, 5.41) is 2.27. The minimum Gasteiger partial charge on any atom is -0.452 e. The first-order valence-corrected chi connectivity index (χ1v) is 6.90. The number of rotatable bonds is 5. The third-order valence-corrected chi connectivity index (χ3v) is 3.04. The van der Waals surface area contributed by atoms with Crippen LogP contribution in [0.1, 0.15) is 27.6 Å². The summed E-state index contributed by atoms with van der Waals surface area (Å²) in [5.74, 6) is -3.84. The number of carbonyl (C=O) groups is 3. The van der Waals surface area contributed by atoms with Crippen LogP contribution in [0.25, 0.3) is 0 Å². The van der Waals surface area contributed by atoms with Crippen molar-refractivity contribution in [2.45, 2.75) is 6.92 Å². The molecule has 0 aromatic heterocycles. The lowest BCUT2D eigenvalue weighted by molar-refractivity contribution is -0.119. The van der Waals surface area contributed by atoms with Crippen molar-refractivity contribution in [2.24, 2.45) is 0 Å². The first-order valence-electron chi connectivity index (χ1n) is 6.90. The van der Waals surface area contributed by atoms with E-state index in [1.165, 1.54) is 31.2 Å². The van der Waals surface area contributed by atoms with E-state index < -0.39 is 30.1 Å². The minimum absolute atomic E-state index is 0.0357. The Hall–Kier alpha value is -3.09. The fourth-order valence-corrected chi connectivity index (χ4v) is 1.85. The van der Waals surface area contributed by atoms with Gasteiger partial charge < -0.3 is 10.1 Å². The quantitative estimate of drug-likeness (QED) is 0.674. The van der Waals surface area contributed by atoms with Gasteiger partial charge in [-0.2, -0.15) is 0 Å². The Morgan fingerprint density at radius 3 is 2.38 bits per heavy atom. The number of benzene rings is 2. The Bertz CT molecular complexity index is 805. The SMILES string of the molecule is CC(=O)c1cccc(C(=O)OCC(=O)Nc2ccc(F)c(F)c2)c1. The van der Waals surface area contributed by atoms with Crippen LogP contribution < -0.4 is 5.32 Å². The minimum atomic E-state index is -1.11. The van der Waals surface area contributed by atoms with E-state index in [-0.39, 0.29) is 17.0 Å². The molecule has 1 N–H and O–H groups in total. The first kappa shape index (κ1) is 17.3. The summed E-state index contributed by atoms with van der Waals surface area (Å²) in [6, 6.07) is 8.73. The zero-order chi connectivity index (χ0) is 17.7. The smallest absolute Gasteiger partial charge is 0.338 e. The zero-order valence-electron chi connectivity index (χ0n) is 12.6. The van der Waals surface area contributed by atoms with Crippen molar-refractivity contribution in [3.8, 4) is 0 Å². The molecule has 0 fully saturated rings. The largest absolute Gasteiger partial charge is 0.452 e. The predicted octanol–water partition coefficient (Wildman–Crippen LogP) is 2.96. The summed E-state index contributed by atoms with van der Waals surface area (Å²) in [6.07, 6.45) is 0. The highest BCUT2D eigenvalue weighted by molar-refractivity contribution is 5.99.